The number of carbonyl (C=O) groups excluding carboxylic acids is 3. The number of allylic oxidation sites excluding steroid dienone is 3. The molecular formula is C26H37NO6. The third-order valence-corrected chi connectivity index (χ3v) is 4.80. The van der Waals surface area contributed by atoms with Gasteiger partial charge in [-0.25, -0.2) is 4.79 Å². The van der Waals surface area contributed by atoms with Gasteiger partial charge in [0.2, 0.25) is 12.2 Å². The fourth-order valence-electron chi connectivity index (χ4n) is 3.05. The van der Waals surface area contributed by atoms with Crippen LogP contribution in [-0.2, 0) is 19.1 Å². The maximum Gasteiger partial charge on any atom is 0.345 e. The molecule has 0 fully saturated rings. The quantitative estimate of drug-likeness (QED) is 0.103. The van der Waals surface area contributed by atoms with Gasteiger partial charge in [0.15, 0.2) is 0 Å². The molecule has 2 N–H and O–H groups in total. The molecule has 1 atom stereocenters. The van der Waals surface area contributed by atoms with Crippen LogP contribution in [0.1, 0.15) is 88.4 Å². The van der Waals surface area contributed by atoms with Gasteiger partial charge in [0.25, 0.3) is 0 Å². The maximum atomic E-state index is 12.4. The molecule has 33 heavy (non-hydrogen) atoms. The Labute approximate surface area is 196 Å². The molecule has 182 valence electrons. The summed E-state index contributed by atoms with van der Waals surface area (Å²) in [5, 5.41) is 12.7. The lowest BCUT2D eigenvalue weighted by Gasteiger charge is -2.15. The van der Waals surface area contributed by atoms with Crippen LogP contribution in [0.25, 0.3) is 0 Å². The van der Waals surface area contributed by atoms with Gasteiger partial charge >= 0.3 is 11.9 Å². The van der Waals surface area contributed by atoms with Crippen molar-refractivity contribution >= 4 is 23.5 Å². The number of rotatable bonds is 16. The number of benzene rings is 1. The lowest BCUT2D eigenvalue weighted by atomic mass is 10.1. The molecule has 1 aromatic carbocycles. The van der Waals surface area contributed by atoms with E-state index in [1.807, 2.05) is 12.2 Å². The van der Waals surface area contributed by atoms with Crippen molar-refractivity contribution in [1.82, 2.24) is 0 Å². The first-order valence-electron chi connectivity index (χ1n) is 11.7. The van der Waals surface area contributed by atoms with E-state index >= 15 is 0 Å². The highest BCUT2D eigenvalue weighted by Gasteiger charge is 2.19. The number of aromatic hydroxyl groups is 1. The number of phenols is 1. The molecule has 1 rings (SSSR count). The molecular weight excluding hydrogens is 422 g/mol. The highest BCUT2D eigenvalue weighted by Crippen LogP contribution is 2.23. The highest BCUT2D eigenvalue weighted by molar-refractivity contribution is 5.96. The van der Waals surface area contributed by atoms with E-state index in [9.17, 15) is 19.5 Å². The van der Waals surface area contributed by atoms with Crippen LogP contribution in [0.15, 0.2) is 43.0 Å². The van der Waals surface area contributed by atoms with Gasteiger partial charge in [-0.2, -0.15) is 0 Å². The first kappa shape index (κ1) is 27.9. The number of phenolic OH excluding ortho intramolecular Hbond substituents is 1. The second-order valence-corrected chi connectivity index (χ2v) is 7.80. The van der Waals surface area contributed by atoms with Crippen LogP contribution in [0.4, 0.5) is 5.69 Å². The predicted molar refractivity (Wildman–Crippen MR) is 129 cm³/mol. The summed E-state index contributed by atoms with van der Waals surface area (Å²) in [6.45, 7) is 7.20. The van der Waals surface area contributed by atoms with E-state index in [0.29, 0.717) is 18.5 Å². The second-order valence-electron chi connectivity index (χ2n) is 7.80. The molecule has 0 aliphatic heterocycles. The van der Waals surface area contributed by atoms with Crippen molar-refractivity contribution < 1.29 is 29.0 Å². The van der Waals surface area contributed by atoms with Gasteiger partial charge in [-0.15, -0.1) is 6.58 Å². The highest BCUT2D eigenvalue weighted by atomic mass is 16.7. The summed E-state index contributed by atoms with van der Waals surface area (Å²) in [5.74, 6) is -1.77. The van der Waals surface area contributed by atoms with Crippen LogP contribution < -0.4 is 5.32 Å². The number of hydrogen-bond acceptors (Lipinski definition) is 6. The van der Waals surface area contributed by atoms with E-state index < -0.39 is 18.2 Å². The van der Waals surface area contributed by atoms with E-state index in [0.717, 1.165) is 44.9 Å². The molecule has 0 aliphatic rings. The van der Waals surface area contributed by atoms with E-state index in [2.05, 4.69) is 18.8 Å². The van der Waals surface area contributed by atoms with Crippen molar-refractivity contribution in [3.05, 3.63) is 48.6 Å². The first-order valence-corrected chi connectivity index (χ1v) is 11.7. The van der Waals surface area contributed by atoms with Crippen molar-refractivity contribution in [2.75, 3.05) is 5.32 Å². The molecule has 0 saturated heterocycles. The fraction of sp³-hybridized carbons (Fsp3) is 0.500. The summed E-state index contributed by atoms with van der Waals surface area (Å²) in [5.41, 5.74) is 0.242. The van der Waals surface area contributed by atoms with E-state index in [-0.39, 0.29) is 23.6 Å². The predicted octanol–water partition coefficient (Wildman–Crippen LogP) is 6.04. The molecule has 1 amide bonds. The zero-order valence-corrected chi connectivity index (χ0v) is 19.8. The Morgan fingerprint density at radius 2 is 1.82 bits per heavy atom. The lowest BCUT2D eigenvalue weighted by molar-refractivity contribution is -0.165. The fourth-order valence-corrected chi connectivity index (χ4v) is 3.05. The van der Waals surface area contributed by atoms with Gasteiger partial charge in [-0.1, -0.05) is 50.8 Å². The molecule has 0 radical (unpaired) electrons. The molecule has 0 saturated carbocycles. The van der Waals surface area contributed by atoms with Gasteiger partial charge in [-0.05, 0) is 43.9 Å². The number of hydrogen-bond donors (Lipinski definition) is 2. The number of unbranched alkanes of at least 4 members (excludes halogenated alkanes) is 5. The lowest BCUT2D eigenvalue weighted by Crippen LogP contribution is -2.22. The van der Waals surface area contributed by atoms with Crippen molar-refractivity contribution in [1.29, 1.82) is 0 Å². The molecule has 1 unspecified atom stereocenters. The maximum absolute atomic E-state index is 12.4. The summed E-state index contributed by atoms with van der Waals surface area (Å²) in [4.78, 5) is 36.4. The molecule has 1 aromatic rings. The Balaban J connectivity index is 2.50. The van der Waals surface area contributed by atoms with E-state index in [4.69, 9.17) is 9.47 Å². The SMILES string of the molecule is C=CC/C=C\CCCC(=O)Nc1ccc(O)c(C(=O)OC(C)OC(=O)CCCCCCC)c1. The average molecular weight is 460 g/mol. The number of amides is 1. The van der Waals surface area contributed by atoms with Crippen molar-refractivity contribution in [2.45, 2.75) is 84.3 Å². The van der Waals surface area contributed by atoms with Gasteiger partial charge < -0.3 is 19.9 Å². The molecule has 0 aliphatic carbocycles. The Morgan fingerprint density at radius 1 is 1.06 bits per heavy atom. The topological polar surface area (TPSA) is 102 Å². The summed E-state index contributed by atoms with van der Waals surface area (Å²) in [6.07, 6.45) is 12.6. The molecule has 7 nitrogen and oxygen atoms in total. The van der Waals surface area contributed by atoms with Gasteiger partial charge in [-0.3, -0.25) is 9.59 Å². The Kier molecular flexibility index (Phi) is 14.0. The standard InChI is InChI=1S/C26H37NO6/c1-4-6-8-10-12-13-15-24(29)27-21-17-18-23(28)22(19-21)26(31)33-20(3)32-25(30)16-14-11-9-7-5-2/h4,8,10,17-20,28H,1,5-7,9,11-16H2,2-3H3,(H,27,29)/b10-8-. The summed E-state index contributed by atoms with van der Waals surface area (Å²) >= 11 is 0. The number of anilines is 1. The largest absolute Gasteiger partial charge is 0.507 e. The molecule has 0 aromatic heterocycles. The minimum atomic E-state index is -1.09. The number of nitrogens with one attached hydrogen (secondary N) is 1. The summed E-state index contributed by atoms with van der Waals surface area (Å²) < 4.78 is 10.3. The third kappa shape index (κ3) is 12.5. The number of ether oxygens (including phenoxy) is 2. The summed E-state index contributed by atoms with van der Waals surface area (Å²) in [6, 6.07) is 4.13. The van der Waals surface area contributed by atoms with Crippen LogP contribution in [-0.4, -0.2) is 29.2 Å². The summed E-state index contributed by atoms with van der Waals surface area (Å²) in [7, 11) is 0. The van der Waals surface area contributed by atoms with E-state index in [1.165, 1.54) is 25.1 Å². The molecule has 7 heteroatoms. The molecule has 0 heterocycles. The number of carbonyl (C=O) groups is 3. The van der Waals surface area contributed by atoms with Crippen molar-refractivity contribution in [3.8, 4) is 5.75 Å². The van der Waals surface area contributed by atoms with Crippen LogP contribution in [0.3, 0.4) is 0 Å². The van der Waals surface area contributed by atoms with Crippen LogP contribution in [0, 0.1) is 0 Å². The zero-order valence-electron chi connectivity index (χ0n) is 19.8. The van der Waals surface area contributed by atoms with Gasteiger partial charge in [0.1, 0.15) is 11.3 Å². The van der Waals surface area contributed by atoms with Crippen LogP contribution >= 0.6 is 0 Å². The Hall–Kier alpha value is -3.09. The van der Waals surface area contributed by atoms with E-state index in [1.54, 1.807) is 6.08 Å². The smallest absolute Gasteiger partial charge is 0.345 e. The molecule has 0 bridgehead atoms. The Morgan fingerprint density at radius 3 is 2.55 bits per heavy atom. The first-order chi connectivity index (χ1) is 15.9. The Bertz CT molecular complexity index is 802. The van der Waals surface area contributed by atoms with Crippen LogP contribution in [0.2, 0.25) is 0 Å². The minimum Gasteiger partial charge on any atom is -0.507 e. The molecule has 0 spiro atoms. The second kappa shape index (κ2) is 16.5. The van der Waals surface area contributed by atoms with Crippen LogP contribution in [0.5, 0.6) is 5.75 Å². The normalized spacial score (nSPS) is 11.7. The van der Waals surface area contributed by atoms with Crippen molar-refractivity contribution in [2.24, 2.45) is 0 Å². The van der Waals surface area contributed by atoms with Gasteiger partial charge in [0.05, 0.1) is 0 Å². The van der Waals surface area contributed by atoms with Gasteiger partial charge in [0, 0.05) is 25.5 Å². The average Bonchev–Trinajstić information content (AvgIpc) is 2.77. The number of esters is 2. The minimum absolute atomic E-state index is 0.123. The third-order valence-electron chi connectivity index (χ3n) is 4.80. The zero-order chi connectivity index (χ0) is 24.5. The monoisotopic (exact) mass is 459 g/mol. The van der Waals surface area contributed by atoms with Crippen molar-refractivity contribution in [3.63, 3.8) is 0 Å².